The molecule has 0 heterocycles. The zero-order chi connectivity index (χ0) is 15.0. The van der Waals surface area contributed by atoms with Crippen LogP contribution in [0.1, 0.15) is 20.8 Å². The van der Waals surface area contributed by atoms with E-state index in [0.717, 1.165) is 5.96 Å². The lowest BCUT2D eigenvalue weighted by Crippen LogP contribution is -2.45. The molecule has 1 aromatic rings. The van der Waals surface area contributed by atoms with Gasteiger partial charge in [0.2, 0.25) is 0 Å². The van der Waals surface area contributed by atoms with Gasteiger partial charge >= 0.3 is 0 Å². The largest absolute Gasteiger partial charge is 0.490 e. The van der Waals surface area contributed by atoms with Crippen molar-refractivity contribution in [2.75, 3.05) is 20.2 Å². The number of aliphatic imine (C=N–C) groups is 1. The van der Waals surface area contributed by atoms with Crippen LogP contribution in [-0.4, -0.2) is 32.2 Å². The Kier molecular flexibility index (Phi) is 10.6. The highest BCUT2D eigenvalue weighted by Crippen LogP contribution is 2.22. The minimum absolute atomic E-state index is 0. The molecule has 1 unspecified atom stereocenters. The van der Waals surface area contributed by atoms with E-state index in [4.69, 9.17) is 16.3 Å². The van der Waals surface area contributed by atoms with E-state index in [1.807, 2.05) is 24.3 Å². The number of para-hydroxylation sites is 1. The minimum Gasteiger partial charge on any atom is -0.490 e. The molecular weight excluding hydrogens is 401 g/mol. The van der Waals surface area contributed by atoms with Crippen LogP contribution in [0, 0.1) is 5.92 Å². The first-order valence-corrected chi connectivity index (χ1v) is 7.27. The van der Waals surface area contributed by atoms with E-state index in [2.05, 4.69) is 36.4 Å². The molecule has 21 heavy (non-hydrogen) atoms. The van der Waals surface area contributed by atoms with Gasteiger partial charge in [0.15, 0.2) is 5.96 Å². The monoisotopic (exact) mass is 425 g/mol. The third-order valence-electron chi connectivity index (χ3n) is 3.08. The van der Waals surface area contributed by atoms with Crippen LogP contribution < -0.4 is 15.4 Å². The van der Waals surface area contributed by atoms with Crippen molar-refractivity contribution >= 4 is 41.5 Å². The first kappa shape index (κ1) is 20.3. The standard InChI is InChI=1S/C15H24ClN3O.HI/c1-11(2)12(3)19-15(17-4)18-9-10-20-14-8-6-5-7-13(14)16;/h5-8,11-12H,9-10H2,1-4H3,(H2,17,18,19);1H. The molecule has 0 aliphatic heterocycles. The molecule has 1 rings (SSSR count). The molecule has 0 fully saturated rings. The van der Waals surface area contributed by atoms with Gasteiger partial charge in [-0.3, -0.25) is 4.99 Å². The van der Waals surface area contributed by atoms with Gasteiger partial charge in [0.25, 0.3) is 0 Å². The quantitative estimate of drug-likeness (QED) is 0.317. The van der Waals surface area contributed by atoms with Crippen LogP contribution in [0.15, 0.2) is 29.3 Å². The molecule has 0 aliphatic carbocycles. The van der Waals surface area contributed by atoms with Gasteiger partial charge in [-0.25, -0.2) is 0 Å². The summed E-state index contributed by atoms with van der Waals surface area (Å²) in [4.78, 5) is 4.19. The van der Waals surface area contributed by atoms with Crippen molar-refractivity contribution in [2.45, 2.75) is 26.8 Å². The van der Waals surface area contributed by atoms with E-state index in [0.29, 0.717) is 35.9 Å². The fourth-order valence-electron chi connectivity index (χ4n) is 1.47. The summed E-state index contributed by atoms with van der Waals surface area (Å²) in [6.07, 6.45) is 0. The normalized spacial score (nSPS) is 12.6. The van der Waals surface area contributed by atoms with Gasteiger partial charge in [-0.1, -0.05) is 37.6 Å². The number of ether oxygens (including phenoxy) is 1. The second-order valence-corrected chi connectivity index (χ2v) is 5.36. The molecule has 0 aliphatic rings. The van der Waals surface area contributed by atoms with Gasteiger partial charge in [0, 0.05) is 13.1 Å². The predicted molar refractivity (Wildman–Crippen MR) is 101 cm³/mol. The fraction of sp³-hybridized carbons (Fsp3) is 0.533. The summed E-state index contributed by atoms with van der Waals surface area (Å²) >= 11 is 6.02. The molecule has 0 radical (unpaired) electrons. The summed E-state index contributed by atoms with van der Waals surface area (Å²) in [6.45, 7) is 7.67. The van der Waals surface area contributed by atoms with Crippen LogP contribution in [0.2, 0.25) is 5.02 Å². The molecule has 0 bridgehead atoms. The lowest BCUT2D eigenvalue weighted by atomic mass is 10.1. The van der Waals surface area contributed by atoms with E-state index in [1.54, 1.807) is 7.05 Å². The first-order valence-electron chi connectivity index (χ1n) is 6.89. The van der Waals surface area contributed by atoms with Crippen molar-refractivity contribution in [3.63, 3.8) is 0 Å². The third kappa shape index (κ3) is 7.76. The highest BCUT2D eigenvalue weighted by atomic mass is 127. The molecule has 6 heteroatoms. The van der Waals surface area contributed by atoms with Gasteiger partial charge in [-0.2, -0.15) is 0 Å². The second-order valence-electron chi connectivity index (χ2n) is 4.95. The fourth-order valence-corrected chi connectivity index (χ4v) is 1.66. The van der Waals surface area contributed by atoms with E-state index >= 15 is 0 Å². The van der Waals surface area contributed by atoms with E-state index < -0.39 is 0 Å². The number of halogens is 2. The van der Waals surface area contributed by atoms with Gasteiger partial charge in [-0.15, -0.1) is 24.0 Å². The lowest BCUT2D eigenvalue weighted by molar-refractivity contribution is 0.321. The summed E-state index contributed by atoms with van der Waals surface area (Å²) in [6, 6.07) is 7.82. The molecule has 0 saturated heterocycles. The van der Waals surface area contributed by atoms with Crippen LogP contribution in [0.3, 0.4) is 0 Å². The van der Waals surface area contributed by atoms with Crippen molar-refractivity contribution in [1.29, 1.82) is 0 Å². The van der Waals surface area contributed by atoms with Crippen molar-refractivity contribution in [2.24, 2.45) is 10.9 Å². The Morgan fingerprint density at radius 1 is 1.29 bits per heavy atom. The number of hydrogen-bond donors (Lipinski definition) is 2. The van der Waals surface area contributed by atoms with Crippen molar-refractivity contribution in [3.05, 3.63) is 29.3 Å². The predicted octanol–water partition coefficient (Wildman–Crippen LogP) is 3.55. The number of nitrogens with one attached hydrogen (secondary N) is 2. The Balaban J connectivity index is 0.00000400. The van der Waals surface area contributed by atoms with E-state index in [1.165, 1.54) is 0 Å². The Hall–Kier alpha value is -0.690. The van der Waals surface area contributed by atoms with E-state index in [-0.39, 0.29) is 24.0 Å². The number of nitrogens with zero attached hydrogens (tertiary/aromatic N) is 1. The van der Waals surface area contributed by atoms with Crippen LogP contribution in [0.4, 0.5) is 0 Å². The molecule has 0 saturated carbocycles. The van der Waals surface area contributed by atoms with Crippen molar-refractivity contribution < 1.29 is 4.74 Å². The Bertz CT molecular complexity index is 441. The SMILES string of the molecule is CN=C(NCCOc1ccccc1Cl)NC(C)C(C)C.I. The number of guanidine groups is 1. The molecule has 0 aromatic heterocycles. The zero-order valence-corrected chi connectivity index (χ0v) is 16.1. The molecule has 0 spiro atoms. The van der Waals surface area contributed by atoms with Gasteiger partial charge in [0.1, 0.15) is 12.4 Å². The molecule has 1 aromatic carbocycles. The Morgan fingerprint density at radius 2 is 1.95 bits per heavy atom. The molecular formula is C15H25ClIN3O. The average molecular weight is 426 g/mol. The summed E-state index contributed by atoms with van der Waals surface area (Å²) in [7, 11) is 1.76. The van der Waals surface area contributed by atoms with Gasteiger partial charge < -0.3 is 15.4 Å². The van der Waals surface area contributed by atoms with Crippen LogP contribution in [0.25, 0.3) is 0 Å². The second kappa shape index (κ2) is 11.0. The molecule has 4 nitrogen and oxygen atoms in total. The molecule has 0 amide bonds. The highest BCUT2D eigenvalue weighted by molar-refractivity contribution is 14.0. The lowest BCUT2D eigenvalue weighted by Gasteiger charge is -2.20. The maximum atomic E-state index is 6.02. The minimum atomic E-state index is 0. The van der Waals surface area contributed by atoms with Crippen LogP contribution in [-0.2, 0) is 0 Å². The van der Waals surface area contributed by atoms with Crippen molar-refractivity contribution in [1.82, 2.24) is 10.6 Å². The maximum absolute atomic E-state index is 6.02. The van der Waals surface area contributed by atoms with Gasteiger partial charge in [0.05, 0.1) is 11.6 Å². The number of benzene rings is 1. The van der Waals surface area contributed by atoms with Crippen LogP contribution in [0.5, 0.6) is 5.75 Å². The summed E-state index contributed by atoms with van der Waals surface area (Å²) < 4.78 is 5.61. The zero-order valence-electron chi connectivity index (χ0n) is 13.0. The summed E-state index contributed by atoms with van der Waals surface area (Å²) in [5, 5.41) is 7.18. The smallest absolute Gasteiger partial charge is 0.191 e. The van der Waals surface area contributed by atoms with Crippen LogP contribution >= 0.6 is 35.6 Å². The average Bonchev–Trinajstić information content (AvgIpc) is 2.43. The summed E-state index contributed by atoms with van der Waals surface area (Å²) in [5.74, 6) is 2.04. The third-order valence-corrected chi connectivity index (χ3v) is 3.39. The first-order chi connectivity index (χ1) is 9.54. The van der Waals surface area contributed by atoms with E-state index in [9.17, 15) is 0 Å². The molecule has 2 N–H and O–H groups in total. The molecule has 120 valence electrons. The highest BCUT2D eigenvalue weighted by Gasteiger charge is 2.08. The van der Waals surface area contributed by atoms with Gasteiger partial charge in [-0.05, 0) is 25.0 Å². The Labute approximate surface area is 149 Å². The maximum Gasteiger partial charge on any atom is 0.191 e. The topological polar surface area (TPSA) is 45.7 Å². The number of rotatable bonds is 6. The Morgan fingerprint density at radius 3 is 2.52 bits per heavy atom. The number of hydrogen-bond acceptors (Lipinski definition) is 2. The summed E-state index contributed by atoms with van der Waals surface area (Å²) in [5.41, 5.74) is 0. The van der Waals surface area contributed by atoms with Crippen molar-refractivity contribution in [3.8, 4) is 5.75 Å². The molecule has 1 atom stereocenters.